The van der Waals surface area contributed by atoms with Crippen LogP contribution in [0, 0.1) is 0 Å². The van der Waals surface area contributed by atoms with Crippen molar-refractivity contribution in [2.45, 2.75) is 69.3 Å². The molecule has 2 saturated carbocycles. The molecular formula is C16H26N2O4. The summed E-state index contributed by atoms with van der Waals surface area (Å²) in [5, 5.41) is 3.33. The van der Waals surface area contributed by atoms with Gasteiger partial charge in [-0.2, -0.15) is 0 Å². The summed E-state index contributed by atoms with van der Waals surface area (Å²) >= 11 is 0. The third kappa shape index (κ3) is 2.52. The first-order valence-corrected chi connectivity index (χ1v) is 8.29. The second-order valence-corrected chi connectivity index (χ2v) is 6.86. The minimum atomic E-state index is -0.910. The van der Waals surface area contributed by atoms with E-state index in [0.29, 0.717) is 25.6 Å². The molecule has 2 unspecified atom stereocenters. The van der Waals surface area contributed by atoms with E-state index in [9.17, 15) is 9.59 Å². The highest BCUT2D eigenvalue weighted by molar-refractivity contribution is 5.91. The third-order valence-corrected chi connectivity index (χ3v) is 5.37. The van der Waals surface area contributed by atoms with E-state index < -0.39 is 11.7 Å². The number of rotatable bonds is 3. The predicted molar refractivity (Wildman–Crippen MR) is 80.3 cm³/mol. The summed E-state index contributed by atoms with van der Waals surface area (Å²) < 4.78 is 11.6. The molecule has 6 nitrogen and oxygen atoms in total. The maximum atomic E-state index is 12.7. The van der Waals surface area contributed by atoms with Crippen molar-refractivity contribution in [3.05, 3.63) is 0 Å². The van der Waals surface area contributed by atoms with Crippen molar-refractivity contribution in [1.29, 1.82) is 0 Å². The molecule has 1 amide bonds. The Hall–Kier alpha value is -1.14. The van der Waals surface area contributed by atoms with Crippen molar-refractivity contribution >= 4 is 11.9 Å². The predicted octanol–water partition coefficient (Wildman–Crippen LogP) is 0.840. The number of nitrogens with zero attached hydrogens (tertiary/aromatic N) is 1. The van der Waals surface area contributed by atoms with Gasteiger partial charge >= 0.3 is 5.97 Å². The first kappa shape index (κ1) is 15.7. The number of carbonyl (C=O) groups excluding carboxylic acids is 2. The topological polar surface area (TPSA) is 67.9 Å². The molecule has 6 heteroatoms. The summed E-state index contributed by atoms with van der Waals surface area (Å²) in [5.41, 5.74) is -1.18. The molecule has 22 heavy (non-hydrogen) atoms. The fourth-order valence-corrected chi connectivity index (χ4v) is 3.98. The highest BCUT2D eigenvalue weighted by atomic mass is 16.6. The number of nitrogens with one attached hydrogen (secondary N) is 1. The second-order valence-electron chi connectivity index (χ2n) is 6.86. The summed E-state index contributed by atoms with van der Waals surface area (Å²) in [6.07, 6.45) is 4.07. The van der Waals surface area contributed by atoms with Crippen LogP contribution in [0.2, 0.25) is 0 Å². The Labute approximate surface area is 131 Å². The number of likely N-dealkylation sites (N-methyl/N-ethyl adjacent to an activating group) is 1. The van der Waals surface area contributed by atoms with Crippen LogP contribution in [0.3, 0.4) is 0 Å². The Bertz CT molecular complexity index is 473. The zero-order valence-electron chi connectivity index (χ0n) is 13.7. The van der Waals surface area contributed by atoms with Gasteiger partial charge in [-0.15, -0.1) is 0 Å². The van der Waals surface area contributed by atoms with Crippen LogP contribution in [-0.4, -0.2) is 60.3 Å². The van der Waals surface area contributed by atoms with Crippen LogP contribution < -0.4 is 5.32 Å². The van der Waals surface area contributed by atoms with E-state index in [4.69, 9.17) is 9.47 Å². The smallest absolute Gasteiger partial charge is 0.303 e. The van der Waals surface area contributed by atoms with Gasteiger partial charge in [-0.05, 0) is 39.7 Å². The van der Waals surface area contributed by atoms with E-state index in [0.717, 1.165) is 25.7 Å². The third-order valence-electron chi connectivity index (χ3n) is 5.37. The van der Waals surface area contributed by atoms with Crippen LogP contribution >= 0.6 is 0 Å². The zero-order valence-corrected chi connectivity index (χ0v) is 13.7. The maximum Gasteiger partial charge on any atom is 0.303 e. The first-order valence-electron chi connectivity index (χ1n) is 8.29. The standard InChI is InChI=1S/C16H26N2O4/c1-4-18-10-15(7-5-12(17-3)6-8-15)22-16(14(18)20)9-13(16)21-11(2)19/h12-13,17H,4-10H2,1-3H3. The van der Waals surface area contributed by atoms with E-state index in [2.05, 4.69) is 5.32 Å². The molecule has 1 saturated heterocycles. The monoisotopic (exact) mass is 310 g/mol. The zero-order chi connectivity index (χ0) is 16.0. The molecule has 3 fully saturated rings. The lowest BCUT2D eigenvalue weighted by Crippen LogP contribution is -2.62. The maximum absolute atomic E-state index is 12.7. The van der Waals surface area contributed by atoms with Crippen LogP contribution in [0.1, 0.15) is 46.0 Å². The average molecular weight is 310 g/mol. The van der Waals surface area contributed by atoms with Gasteiger partial charge in [0.1, 0.15) is 6.10 Å². The highest BCUT2D eigenvalue weighted by Crippen LogP contribution is 2.52. The number of ether oxygens (including phenoxy) is 2. The molecule has 2 spiro atoms. The van der Waals surface area contributed by atoms with Crippen LogP contribution in [0.4, 0.5) is 0 Å². The molecule has 0 aromatic carbocycles. The van der Waals surface area contributed by atoms with Crippen LogP contribution in [0.15, 0.2) is 0 Å². The summed E-state index contributed by atoms with van der Waals surface area (Å²) in [6, 6.07) is 0.529. The van der Waals surface area contributed by atoms with Crippen molar-refractivity contribution in [2.75, 3.05) is 20.1 Å². The van der Waals surface area contributed by atoms with Gasteiger partial charge < -0.3 is 19.7 Å². The Morgan fingerprint density at radius 3 is 2.68 bits per heavy atom. The molecule has 0 aromatic rings. The van der Waals surface area contributed by atoms with Gasteiger partial charge in [0.05, 0.1) is 5.60 Å². The number of morpholine rings is 1. The molecular weight excluding hydrogens is 284 g/mol. The number of hydrogen-bond donors (Lipinski definition) is 1. The van der Waals surface area contributed by atoms with E-state index in [-0.39, 0.29) is 17.5 Å². The van der Waals surface area contributed by atoms with E-state index in [1.807, 2.05) is 18.9 Å². The van der Waals surface area contributed by atoms with Crippen molar-refractivity contribution in [3.8, 4) is 0 Å². The van der Waals surface area contributed by atoms with Gasteiger partial charge in [-0.25, -0.2) is 0 Å². The molecule has 0 radical (unpaired) electrons. The van der Waals surface area contributed by atoms with Crippen LogP contribution in [0.5, 0.6) is 0 Å². The number of carbonyl (C=O) groups is 2. The number of esters is 1. The Balaban J connectivity index is 1.77. The second kappa shape index (κ2) is 5.49. The lowest BCUT2D eigenvalue weighted by molar-refractivity contribution is -0.206. The van der Waals surface area contributed by atoms with Gasteiger partial charge in [0.25, 0.3) is 5.91 Å². The van der Waals surface area contributed by atoms with Crippen molar-refractivity contribution in [3.63, 3.8) is 0 Å². The molecule has 2 atom stereocenters. The first-order chi connectivity index (χ1) is 10.4. The van der Waals surface area contributed by atoms with Gasteiger partial charge in [0.2, 0.25) is 0 Å². The normalized spacial score (nSPS) is 41.0. The molecule has 124 valence electrons. The lowest BCUT2D eigenvalue weighted by Gasteiger charge is -2.49. The summed E-state index contributed by atoms with van der Waals surface area (Å²) in [4.78, 5) is 25.8. The van der Waals surface area contributed by atoms with E-state index >= 15 is 0 Å². The summed E-state index contributed by atoms with van der Waals surface area (Å²) in [5.74, 6) is -0.359. The molecule has 1 heterocycles. The quantitative estimate of drug-likeness (QED) is 0.783. The molecule has 1 N–H and O–H groups in total. The summed E-state index contributed by atoms with van der Waals surface area (Å²) in [6.45, 7) is 4.71. The largest absolute Gasteiger partial charge is 0.459 e. The van der Waals surface area contributed by atoms with Crippen LogP contribution in [0.25, 0.3) is 0 Å². The van der Waals surface area contributed by atoms with Gasteiger partial charge in [0, 0.05) is 32.5 Å². The minimum Gasteiger partial charge on any atom is -0.459 e. The molecule has 3 rings (SSSR count). The molecule has 1 aliphatic heterocycles. The fraction of sp³-hybridized carbons (Fsp3) is 0.875. The van der Waals surface area contributed by atoms with Crippen molar-refractivity contribution in [2.24, 2.45) is 0 Å². The van der Waals surface area contributed by atoms with E-state index in [1.165, 1.54) is 6.92 Å². The Morgan fingerprint density at radius 2 is 2.14 bits per heavy atom. The molecule has 3 aliphatic rings. The van der Waals surface area contributed by atoms with Gasteiger partial charge in [-0.1, -0.05) is 0 Å². The highest BCUT2D eigenvalue weighted by Gasteiger charge is 2.70. The van der Waals surface area contributed by atoms with Crippen LogP contribution in [-0.2, 0) is 19.1 Å². The summed E-state index contributed by atoms with van der Waals surface area (Å²) in [7, 11) is 1.99. The van der Waals surface area contributed by atoms with Crippen molar-refractivity contribution < 1.29 is 19.1 Å². The van der Waals surface area contributed by atoms with Crippen molar-refractivity contribution in [1.82, 2.24) is 10.2 Å². The Morgan fingerprint density at radius 1 is 1.45 bits per heavy atom. The number of amides is 1. The molecule has 0 bridgehead atoms. The lowest BCUT2D eigenvalue weighted by atomic mass is 9.80. The minimum absolute atomic E-state index is 0.0115. The van der Waals surface area contributed by atoms with E-state index in [1.54, 1.807) is 0 Å². The van der Waals surface area contributed by atoms with Gasteiger partial charge in [0.15, 0.2) is 5.60 Å². The van der Waals surface area contributed by atoms with Gasteiger partial charge in [-0.3, -0.25) is 9.59 Å². The SMILES string of the molecule is CCN1CC2(CCC(NC)CC2)OC2(CC2OC(C)=O)C1=O. The molecule has 0 aromatic heterocycles. The average Bonchev–Trinajstić information content (AvgIpc) is 3.16. The Kier molecular flexibility index (Phi) is 3.93. The fourth-order valence-electron chi connectivity index (χ4n) is 3.98. The number of hydrogen-bond acceptors (Lipinski definition) is 5. The molecule has 2 aliphatic carbocycles.